The van der Waals surface area contributed by atoms with Crippen molar-refractivity contribution in [1.82, 2.24) is 10.2 Å². The molecule has 0 fully saturated rings. The van der Waals surface area contributed by atoms with Gasteiger partial charge in [0, 0.05) is 20.0 Å². The fourth-order valence-corrected chi connectivity index (χ4v) is 3.17. The van der Waals surface area contributed by atoms with Gasteiger partial charge in [0.25, 0.3) is 0 Å². The van der Waals surface area contributed by atoms with Gasteiger partial charge in [-0.1, -0.05) is 55.0 Å². The number of carbonyl (C=O) groups excluding carboxylic acids is 2. The van der Waals surface area contributed by atoms with Crippen LogP contribution >= 0.6 is 0 Å². The number of aryl methyl sites for hydroxylation is 1. The lowest BCUT2D eigenvalue weighted by atomic mass is 10.1. The molecule has 0 unspecified atom stereocenters. The number of ether oxygens (including phenoxy) is 1. The van der Waals surface area contributed by atoms with Crippen LogP contribution in [0.1, 0.15) is 37.3 Å². The summed E-state index contributed by atoms with van der Waals surface area (Å²) >= 11 is 0. The molecule has 2 amide bonds. The predicted octanol–water partition coefficient (Wildman–Crippen LogP) is 3.71. The molecule has 0 spiro atoms. The molecule has 5 nitrogen and oxygen atoms in total. The molecule has 0 saturated heterocycles. The molecule has 2 aromatic rings. The Hall–Kier alpha value is -2.82. The third kappa shape index (κ3) is 6.41. The molecule has 2 aromatic carbocycles. The van der Waals surface area contributed by atoms with E-state index in [1.54, 1.807) is 11.9 Å². The van der Waals surface area contributed by atoms with E-state index in [0.717, 1.165) is 16.9 Å². The van der Waals surface area contributed by atoms with E-state index < -0.39 is 6.04 Å². The van der Waals surface area contributed by atoms with Crippen molar-refractivity contribution in [2.75, 3.05) is 13.7 Å². The Morgan fingerprint density at radius 2 is 1.86 bits per heavy atom. The maximum Gasteiger partial charge on any atom is 0.242 e. The number of carbonyl (C=O) groups is 2. The first-order valence-electron chi connectivity index (χ1n) is 9.79. The van der Waals surface area contributed by atoms with Crippen LogP contribution in [0.25, 0.3) is 0 Å². The summed E-state index contributed by atoms with van der Waals surface area (Å²) in [5.41, 5.74) is 2.16. The van der Waals surface area contributed by atoms with Gasteiger partial charge in [-0.25, -0.2) is 0 Å². The van der Waals surface area contributed by atoms with Gasteiger partial charge in [0.05, 0.1) is 6.61 Å². The van der Waals surface area contributed by atoms with E-state index in [2.05, 4.69) is 11.4 Å². The van der Waals surface area contributed by atoms with Gasteiger partial charge in [0.1, 0.15) is 11.8 Å². The first-order valence-corrected chi connectivity index (χ1v) is 9.79. The van der Waals surface area contributed by atoms with Gasteiger partial charge in [-0.3, -0.25) is 9.59 Å². The van der Waals surface area contributed by atoms with Gasteiger partial charge >= 0.3 is 0 Å². The third-order valence-corrected chi connectivity index (χ3v) is 4.61. The standard InChI is InChI=1S/C23H30N2O3/c1-4-21(23(27)24-3)25(17-19-11-8-10-18(2)16-19)22(26)14-9-15-28-20-12-6-5-7-13-20/h5-8,10-13,16,21H,4,9,14-15,17H2,1-3H3,(H,24,27)/t21-/m0/s1. The van der Waals surface area contributed by atoms with Gasteiger partial charge in [0.15, 0.2) is 0 Å². The van der Waals surface area contributed by atoms with Crippen molar-refractivity contribution in [1.29, 1.82) is 0 Å². The molecular formula is C23H30N2O3. The summed E-state index contributed by atoms with van der Waals surface area (Å²) in [5, 5.41) is 2.68. The third-order valence-electron chi connectivity index (χ3n) is 4.61. The number of likely N-dealkylation sites (N-methyl/N-ethyl adjacent to an activating group) is 1. The van der Waals surface area contributed by atoms with E-state index in [-0.39, 0.29) is 11.8 Å². The Morgan fingerprint density at radius 3 is 2.50 bits per heavy atom. The van der Waals surface area contributed by atoms with Crippen molar-refractivity contribution < 1.29 is 14.3 Å². The second-order valence-corrected chi connectivity index (χ2v) is 6.81. The molecule has 0 aliphatic rings. The minimum absolute atomic E-state index is 0.0337. The summed E-state index contributed by atoms with van der Waals surface area (Å²) in [7, 11) is 1.61. The van der Waals surface area contributed by atoms with Crippen molar-refractivity contribution in [3.05, 3.63) is 65.7 Å². The second-order valence-electron chi connectivity index (χ2n) is 6.81. The second kappa shape index (κ2) is 11.1. The highest BCUT2D eigenvalue weighted by atomic mass is 16.5. The Kier molecular flexibility index (Phi) is 8.53. The largest absolute Gasteiger partial charge is 0.494 e. The minimum Gasteiger partial charge on any atom is -0.494 e. The molecular weight excluding hydrogens is 352 g/mol. The fourth-order valence-electron chi connectivity index (χ4n) is 3.17. The molecule has 1 atom stereocenters. The molecule has 0 aliphatic heterocycles. The van der Waals surface area contributed by atoms with Crippen molar-refractivity contribution in [3.63, 3.8) is 0 Å². The first-order chi connectivity index (χ1) is 13.5. The van der Waals surface area contributed by atoms with E-state index in [9.17, 15) is 9.59 Å². The maximum absolute atomic E-state index is 13.0. The summed E-state index contributed by atoms with van der Waals surface area (Å²) in [5.74, 6) is 0.626. The fraction of sp³-hybridized carbons (Fsp3) is 0.391. The summed E-state index contributed by atoms with van der Waals surface area (Å²) < 4.78 is 5.68. The van der Waals surface area contributed by atoms with Gasteiger partial charge in [-0.2, -0.15) is 0 Å². The normalized spacial score (nSPS) is 11.5. The highest BCUT2D eigenvalue weighted by molar-refractivity contribution is 5.87. The molecule has 0 heterocycles. The van der Waals surface area contributed by atoms with Crippen molar-refractivity contribution in [2.24, 2.45) is 0 Å². The van der Waals surface area contributed by atoms with Crippen LogP contribution in [-0.2, 0) is 16.1 Å². The van der Waals surface area contributed by atoms with Gasteiger partial charge in [-0.15, -0.1) is 0 Å². The molecule has 5 heteroatoms. The average molecular weight is 383 g/mol. The van der Waals surface area contributed by atoms with Crippen LogP contribution in [0, 0.1) is 6.92 Å². The predicted molar refractivity (Wildman–Crippen MR) is 111 cm³/mol. The summed E-state index contributed by atoms with van der Waals surface area (Å²) in [6.45, 7) is 4.83. The van der Waals surface area contributed by atoms with E-state index in [1.807, 2.05) is 62.4 Å². The number of nitrogens with zero attached hydrogens (tertiary/aromatic N) is 1. The van der Waals surface area contributed by atoms with Crippen LogP contribution in [0.2, 0.25) is 0 Å². The molecule has 2 rings (SSSR count). The SMILES string of the molecule is CC[C@@H](C(=O)NC)N(Cc1cccc(C)c1)C(=O)CCCOc1ccccc1. The van der Waals surface area contributed by atoms with E-state index in [4.69, 9.17) is 4.74 Å². The summed E-state index contributed by atoms with van der Waals surface area (Å²) in [6, 6.07) is 17.1. The zero-order valence-electron chi connectivity index (χ0n) is 17.0. The zero-order valence-corrected chi connectivity index (χ0v) is 17.0. The smallest absolute Gasteiger partial charge is 0.242 e. The molecule has 150 valence electrons. The van der Waals surface area contributed by atoms with Gasteiger partial charge in [0.2, 0.25) is 11.8 Å². The Labute approximate surface area is 167 Å². The van der Waals surface area contributed by atoms with Crippen molar-refractivity contribution in [3.8, 4) is 5.75 Å². The van der Waals surface area contributed by atoms with Crippen molar-refractivity contribution >= 4 is 11.8 Å². The number of hydrogen-bond donors (Lipinski definition) is 1. The van der Waals surface area contributed by atoms with Crippen LogP contribution in [-0.4, -0.2) is 36.4 Å². The lowest BCUT2D eigenvalue weighted by Crippen LogP contribution is -2.48. The average Bonchev–Trinajstić information content (AvgIpc) is 2.71. The molecule has 0 bridgehead atoms. The Balaban J connectivity index is 2.02. The van der Waals surface area contributed by atoms with Crippen LogP contribution in [0.15, 0.2) is 54.6 Å². The number of para-hydroxylation sites is 1. The zero-order chi connectivity index (χ0) is 20.4. The monoisotopic (exact) mass is 382 g/mol. The van der Waals surface area contributed by atoms with Crippen LogP contribution in [0.3, 0.4) is 0 Å². The number of hydrogen-bond acceptors (Lipinski definition) is 3. The lowest BCUT2D eigenvalue weighted by Gasteiger charge is -2.30. The van der Waals surface area contributed by atoms with Crippen LogP contribution in [0.4, 0.5) is 0 Å². The lowest BCUT2D eigenvalue weighted by molar-refractivity contribution is -0.141. The Bertz CT molecular complexity index is 761. The first kappa shape index (κ1) is 21.5. The van der Waals surface area contributed by atoms with Crippen molar-refractivity contribution in [2.45, 2.75) is 45.7 Å². The molecule has 0 saturated carbocycles. The Morgan fingerprint density at radius 1 is 1.11 bits per heavy atom. The van der Waals surface area contributed by atoms with E-state index >= 15 is 0 Å². The highest BCUT2D eigenvalue weighted by Gasteiger charge is 2.27. The number of amides is 2. The van der Waals surface area contributed by atoms with E-state index in [1.165, 1.54) is 0 Å². The number of rotatable bonds is 10. The van der Waals surface area contributed by atoms with Crippen LogP contribution < -0.4 is 10.1 Å². The molecule has 0 radical (unpaired) electrons. The highest BCUT2D eigenvalue weighted by Crippen LogP contribution is 2.16. The number of nitrogens with one attached hydrogen (secondary N) is 1. The topological polar surface area (TPSA) is 58.6 Å². The van der Waals surface area contributed by atoms with E-state index in [0.29, 0.717) is 32.4 Å². The minimum atomic E-state index is -0.479. The summed E-state index contributed by atoms with van der Waals surface area (Å²) in [4.78, 5) is 27.0. The summed E-state index contributed by atoms with van der Waals surface area (Å²) in [6.07, 6.45) is 1.51. The number of benzene rings is 2. The van der Waals surface area contributed by atoms with Crippen LogP contribution in [0.5, 0.6) is 5.75 Å². The van der Waals surface area contributed by atoms with Gasteiger partial charge in [-0.05, 0) is 37.5 Å². The molecule has 1 N–H and O–H groups in total. The molecule has 28 heavy (non-hydrogen) atoms. The maximum atomic E-state index is 13.0. The van der Waals surface area contributed by atoms with Gasteiger partial charge < -0.3 is 15.0 Å². The quantitative estimate of drug-likeness (QED) is 0.637. The molecule has 0 aliphatic carbocycles. The molecule has 0 aromatic heterocycles.